The molecule has 1 unspecified atom stereocenters. The van der Waals surface area contributed by atoms with Gasteiger partial charge in [-0.15, -0.1) is 0 Å². The molecule has 4 aromatic rings. The highest BCUT2D eigenvalue weighted by atomic mass is 32.2. The smallest absolute Gasteiger partial charge is 0.338 e. The lowest BCUT2D eigenvalue weighted by Gasteiger charge is -2.51. The van der Waals surface area contributed by atoms with Gasteiger partial charge in [0.2, 0.25) is 0 Å². The minimum Gasteiger partial charge on any atom is -0.456 e. The SMILES string of the molecule is CC(=O)O[C@@H]1[C@@H](O[C@@H]2O[C@@H](C)[C@H](OC(=O)c3ccccc3)[C@@H](OC(=O)c3ccccc3)[C@H]2OC(C)=O)[C@@H]2OC(c3ccccc3)OC[C@H]2O[C@H]1Sc1ccccc1. The van der Waals surface area contributed by atoms with Gasteiger partial charge in [-0.05, 0) is 43.3 Å². The second kappa shape index (κ2) is 18.4. The zero-order valence-corrected chi connectivity index (χ0v) is 32.1. The fourth-order valence-electron chi connectivity index (χ4n) is 6.91. The first kappa shape index (κ1) is 40.1. The monoisotopic (exact) mass is 798 g/mol. The van der Waals surface area contributed by atoms with Crippen LogP contribution in [0.5, 0.6) is 0 Å². The van der Waals surface area contributed by atoms with E-state index in [1.807, 2.05) is 60.7 Å². The van der Waals surface area contributed by atoms with Crippen LogP contribution in [0.2, 0.25) is 0 Å². The highest BCUT2D eigenvalue weighted by Crippen LogP contribution is 2.43. The molecule has 13 nitrogen and oxygen atoms in total. The lowest BCUT2D eigenvalue weighted by atomic mass is 9.96. The van der Waals surface area contributed by atoms with Crippen LogP contribution in [0.25, 0.3) is 0 Å². The van der Waals surface area contributed by atoms with Crippen molar-refractivity contribution >= 4 is 35.6 Å². The Morgan fingerprint density at radius 2 is 1.11 bits per heavy atom. The summed E-state index contributed by atoms with van der Waals surface area (Å²) in [6, 6.07) is 35.2. The zero-order valence-electron chi connectivity index (χ0n) is 31.3. The van der Waals surface area contributed by atoms with E-state index in [4.69, 9.17) is 42.6 Å². The molecule has 0 aliphatic carbocycles. The third kappa shape index (κ3) is 9.72. The van der Waals surface area contributed by atoms with Crippen molar-refractivity contribution in [1.29, 1.82) is 0 Å². The number of benzene rings is 4. The van der Waals surface area contributed by atoms with Crippen molar-refractivity contribution in [3.8, 4) is 0 Å². The second-order valence-electron chi connectivity index (χ2n) is 13.6. The third-order valence-electron chi connectivity index (χ3n) is 9.48. The molecule has 3 fully saturated rings. The lowest BCUT2D eigenvalue weighted by Crippen LogP contribution is -2.66. The van der Waals surface area contributed by atoms with E-state index >= 15 is 0 Å². The number of carbonyl (C=O) groups excluding carboxylic acids is 4. The number of hydrogen-bond donors (Lipinski definition) is 0. The van der Waals surface area contributed by atoms with Gasteiger partial charge in [0.15, 0.2) is 37.0 Å². The molecule has 4 aromatic carbocycles. The Morgan fingerprint density at radius 1 is 0.579 bits per heavy atom. The Hall–Kier alpha value is -5.09. The van der Waals surface area contributed by atoms with E-state index < -0.39 is 90.7 Å². The van der Waals surface area contributed by atoms with Gasteiger partial charge in [0.1, 0.15) is 23.7 Å². The molecule has 14 heteroatoms. The molecule has 3 saturated heterocycles. The molecule has 57 heavy (non-hydrogen) atoms. The minimum absolute atomic E-state index is 0.0901. The first-order valence-corrected chi connectivity index (χ1v) is 19.4. The van der Waals surface area contributed by atoms with Crippen molar-refractivity contribution in [3.05, 3.63) is 138 Å². The summed E-state index contributed by atoms with van der Waals surface area (Å²) in [5.41, 5.74) is 0.344. The Kier molecular flexibility index (Phi) is 13.0. The van der Waals surface area contributed by atoms with Crippen LogP contribution in [-0.2, 0) is 52.2 Å². The van der Waals surface area contributed by atoms with Crippen LogP contribution in [0.1, 0.15) is 53.3 Å². The first-order chi connectivity index (χ1) is 27.6. The Labute approximate surface area is 333 Å². The maximum Gasteiger partial charge on any atom is 0.338 e. The quantitative estimate of drug-likeness (QED) is 0.128. The molecule has 0 aromatic heterocycles. The van der Waals surface area contributed by atoms with Gasteiger partial charge in [-0.25, -0.2) is 9.59 Å². The maximum atomic E-state index is 13.7. The van der Waals surface area contributed by atoms with Crippen molar-refractivity contribution in [2.45, 2.75) is 92.5 Å². The van der Waals surface area contributed by atoms with Crippen LogP contribution in [0, 0.1) is 0 Å². The molecule has 0 N–H and O–H groups in total. The molecule has 3 aliphatic heterocycles. The molecule has 0 bridgehead atoms. The summed E-state index contributed by atoms with van der Waals surface area (Å²) in [6.07, 6.45) is -11.4. The molecule has 7 rings (SSSR count). The second-order valence-corrected chi connectivity index (χ2v) is 14.8. The van der Waals surface area contributed by atoms with E-state index in [1.54, 1.807) is 67.6 Å². The van der Waals surface area contributed by atoms with Crippen LogP contribution >= 0.6 is 11.8 Å². The number of rotatable bonds is 11. The Morgan fingerprint density at radius 3 is 1.68 bits per heavy atom. The van der Waals surface area contributed by atoms with E-state index in [1.165, 1.54) is 25.6 Å². The Bertz CT molecular complexity index is 1970. The van der Waals surface area contributed by atoms with Crippen LogP contribution in [0.4, 0.5) is 0 Å². The third-order valence-corrected chi connectivity index (χ3v) is 10.6. The number of hydrogen-bond acceptors (Lipinski definition) is 14. The topological polar surface area (TPSA) is 151 Å². The molecule has 11 atom stereocenters. The molecule has 0 spiro atoms. The fourth-order valence-corrected chi connectivity index (χ4v) is 8.03. The van der Waals surface area contributed by atoms with Gasteiger partial charge in [0, 0.05) is 24.3 Å². The van der Waals surface area contributed by atoms with Crippen LogP contribution in [0.15, 0.2) is 126 Å². The number of fused-ring (bicyclic) bond motifs is 1. The zero-order chi connectivity index (χ0) is 39.9. The predicted molar refractivity (Wildman–Crippen MR) is 203 cm³/mol. The van der Waals surface area contributed by atoms with Crippen LogP contribution in [0.3, 0.4) is 0 Å². The molecule has 0 radical (unpaired) electrons. The van der Waals surface area contributed by atoms with Gasteiger partial charge < -0.3 is 42.6 Å². The fraction of sp³-hybridized carbons (Fsp3) is 0.349. The lowest BCUT2D eigenvalue weighted by molar-refractivity contribution is -0.363. The summed E-state index contributed by atoms with van der Waals surface area (Å²) in [4.78, 5) is 53.7. The van der Waals surface area contributed by atoms with Crippen LogP contribution < -0.4 is 0 Å². The molecule has 3 heterocycles. The summed E-state index contributed by atoms with van der Waals surface area (Å²) in [7, 11) is 0. The normalized spacial score (nSPS) is 29.6. The highest BCUT2D eigenvalue weighted by Gasteiger charge is 2.57. The molecular formula is C43H42O13S. The summed E-state index contributed by atoms with van der Waals surface area (Å²) >= 11 is 1.31. The maximum absolute atomic E-state index is 13.7. The van der Waals surface area contributed by atoms with E-state index in [9.17, 15) is 19.2 Å². The van der Waals surface area contributed by atoms with E-state index in [0.717, 1.165) is 10.5 Å². The average Bonchev–Trinajstić information content (AvgIpc) is 3.22. The molecule has 298 valence electrons. The number of esters is 4. The summed E-state index contributed by atoms with van der Waals surface area (Å²) in [5.74, 6) is -2.86. The minimum atomic E-state index is -1.50. The summed E-state index contributed by atoms with van der Waals surface area (Å²) in [6.45, 7) is 4.16. The van der Waals surface area contributed by atoms with Crippen molar-refractivity contribution in [3.63, 3.8) is 0 Å². The standard InChI is InChI=1S/C43H42O13S/c1-25-33(53-39(46)28-16-8-4-9-17-28)35(54-40(47)29-18-10-5-11-19-29)37(50-26(2)44)42(49-25)56-36-34-32(24-48-41(55-34)30-20-12-6-13-21-30)52-43(38(36)51-27(3)45)57-31-22-14-7-15-23-31/h4-23,25,32-38,41-43H,24H2,1-3H3/t25-,32+,33-,34+,35+,36-,37+,38+,41?,42-,43-/m0/s1. The molecule has 0 amide bonds. The van der Waals surface area contributed by atoms with Crippen LogP contribution in [-0.4, -0.2) is 91.0 Å². The number of ether oxygens (including phenoxy) is 9. The number of carbonyl (C=O) groups is 4. The van der Waals surface area contributed by atoms with Crippen molar-refractivity contribution in [1.82, 2.24) is 0 Å². The van der Waals surface area contributed by atoms with Crippen molar-refractivity contribution < 1.29 is 61.8 Å². The summed E-state index contributed by atoms with van der Waals surface area (Å²) in [5, 5.41) is 0. The van der Waals surface area contributed by atoms with Gasteiger partial charge in [-0.2, -0.15) is 0 Å². The first-order valence-electron chi connectivity index (χ1n) is 18.5. The van der Waals surface area contributed by atoms with Gasteiger partial charge >= 0.3 is 23.9 Å². The van der Waals surface area contributed by atoms with Gasteiger partial charge in [0.05, 0.1) is 23.8 Å². The highest BCUT2D eigenvalue weighted by molar-refractivity contribution is 7.99. The molecular weight excluding hydrogens is 757 g/mol. The van der Waals surface area contributed by atoms with E-state index in [-0.39, 0.29) is 17.7 Å². The van der Waals surface area contributed by atoms with E-state index in [2.05, 4.69) is 0 Å². The number of thioether (sulfide) groups is 1. The largest absolute Gasteiger partial charge is 0.456 e. The summed E-state index contributed by atoms with van der Waals surface area (Å²) < 4.78 is 56.4. The van der Waals surface area contributed by atoms with Gasteiger partial charge in [0.25, 0.3) is 0 Å². The van der Waals surface area contributed by atoms with Gasteiger partial charge in [-0.3, -0.25) is 9.59 Å². The van der Waals surface area contributed by atoms with E-state index in [0.29, 0.717) is 0 Å². The Balaban J connectivity index is 1.26. The van der Waals surface area contributed by atoms with Crippen molar-refractivity contribution in [2.75, 3.05) is 6.61 Å². The van der Waals surface area contributed by atoms with Gasteiger partial charge in [-0.1, -0.05) is 96.7 Å². The molecule has 0 saturated carbocycles. The van der Waals surface area contributed by atoms with Crippen molar-refractivity contribution in [2.24, 2.45) is 0 Å². The predicted octanol–water partition coefficient (Wildman–Crippen LogP) is 6.06. The molecule has 3 aliphatic rings. The average molecular weight is 799 g/mol.